The lowest BCUT2D eigenvalue weighted by molar-refractivity contribution is -0.144. The molecule has 0 fully saturated rings. The molecule has 0 radical (unpaired) electrons. The number of rotatable bonds is 5. The van der Waals surface area contributed by atoms with Crippen LogP contribution in [0.3, 0.4) is 0 Å². The maximum Gasteiger partial charge on any atom is 0.320 e. The normalized spacial score (nSPS) is 12.6. The Morgan fingerprint density at radius 2 is 2.08 bits per heavy atom. The van der Waals surface area contributed by atoms with Crippen molar-refractivity contribution in [3.05, 3.63) is 0 Å². The molecule has 76 valence electrons. The molecule has 1 atom stereocenters. The molecular formula is C8H16N2O3. The topological polar surface area (TPSA) is 72.6 Å². The highest BCUT2D eigenvalue weighted by atomic mass is 16.5. The minimum Gasteiger partial charge on any atom is -0.465 e. The molecule has 0 aliphatic carbocycles. The van der Waals surface area contributed by atoms with Gasteiger partial charge in [0.05, 0.1) is 19.2 Å². The molecule has 5 heteroatoms. The van der Waals surface area contributed by atoms with Gasteiger partial charge in [-0.2, -0.15) is 0 Å². The maximum absolute atomic E-state index is 11.0. The number of carbonyl (C=O) groups excluding carboxylic acids is 2. The monoisotopic (exact) mass is 188 g/mol. The van der Waals surface area contributed by atoms with E-state index in [2.05, 4.69) is 0 Å². The van der Waals surface area contributed by atoms with E-state index >= 15 is 0 Å². The standard InChI is InChI=1S/C8H16N2O3/c1-4-13-7(11)5-10(3)6(2)8(9)12/h6H,4-5H2,1-3H3,(H2,9,12). The molecule has 0 bridgehead atoms. The van der Waals surface area contributed by atoms with Crippen molar-refractivity contribution < 1.29 is 14.3 Å². The smallest absolute Gasteiger partial charge is 0.320 e. The van der Waals surface area contributed by atoms with Crippen molar-refractivity contribution in [1.29, 1.82) is 0 Å². The van der Waals surface area contributed by atoms with E-state index in [1.165, 1.54) is 0 Å². The number of nitrogens with zero attached hydrogens (tertiary/aromatic N) is 1. The van der Waals surface area contributed by atoms with E-state index in [9.17, 15) is 9.59 Å². The molecular weight excluding hydrogens is 172 g/mol. The number of carbonyl (C=O) groups is 2. The molecule has 0 heterocycles. The lowest BCUT2D eigenvalue weighted by Crippen LogP contribution is -2.43. The Hall–Kier alpha value is -1.10. The number of nitrogens with two attached hydrogens (primary N) is 1. The van der Waals surface area contributed by atoms with E-state index in [1.807, 2.05) is 0 Å². The Bertz CT molecular complexity index is 194. The number of likely N-dealkylation sites (N-methyl/N-ethyl adjacent to an activating group) is 1. The van der Waals surface area contributed by atoms with Crippen molar-refractivity contribution >= 4 is 11.9 Å². The first-order valence-electron chi connectivity index (χ1n) is 4.14. The van der Waals surface area contributed by atoms with Gasteiger partial charge in [-0.1, -0.05) is 0 Å². The quantitative estimate of drug-likeness (QED) is 0.582. The second-order valence-electron chi connectivity index (χ2n) is 2.80. The number of amides is 1. The van der Waals surface area contributed by atoms with Crippen molar-refractivity contribution in [1.82, 2.24) is 4.90 Å². The zero-order valence-corrected chi connectivity index (χ0v) is 8.24. The van der Waals surface area contributed by atoms with Crippen LogP contribution in [0.25, 0.3) is 0 Å². The first-order chi connectivity index (χ1) is 5.99. The first kappa shape index (κ1) is 11.9. The molecule has 1 amide bonds. The van der Waals surface area contributed by atoms with Crippen LogP contribution in [0.4, 0.5) is 0 Å². The third kappa shape index (κ3) is 4.47. The van der Waals surface area contributed by atoms with Gasteiger partial charge in [0.2, 0.25) is 5.91 Å². The molecule has 0 saturated heterocycles. The Morgan fingerprint density at radius 1 is 1.54 bits per heavy atom. The Labute approximate surface area is 77.8 Å². The predicted octanol–water partition coefficient (Wildman–Crippen LogP) is -0.645. The Morgan fingerprint density at radius 3 is 2.46 bits per heavy atom. The molecule has 0 aliphatic heterocycles. The molecule has 0 aromatic carbocycles. The van der Waals surface area contributed by atoms with Crippen molar-refractivity contribution in [3.63, 3.8) is 0 Å². The van der Waals surface area contributed by atoms with Crippen molar-refractivity contribution in [2.24, 2.45) is 5.73 Å². The summed E-state index contributed by atoms with van der Waals surface area (Å²) in [5.41, 5.74) is 5.05. The fourth-order valence-electron chi connectivity index (χ4n) is 0.764. The number of primary amides is 1. The highest BCUT2D eigenvalue weighted by molar-refractivity contribution is 5.80. The van der Waals surface area contributed by atoms with Gasteiger partial charge in [-0.25, -0.2) is 0 Å². The fourth-order valence-corrected chi connectivity index (χ4v) is 0.764. The average Bonchev–Trinajstić information content (AvgIpc) is 2.03. The molecule has 0 spiro atoms. The van der Waals surface area contributed by atoms with Gasteiger partial charge >= 0.3 is 5.97 Å². The molecule has 0 saturated carbocycles. The van der Waals surface area contributed by atoms with Gasteiger partial charge in [0, 0.05) is 0 Å². The predicted molar refractivity (Wildman–Crippen MR) is 47.9 cm³/mol. The van der Waals surface area contributed by atoms with Crippen LogP contribution in [0.2, 0.25) is 0 Å². The van der Waals surface area contributed by atoms with E-state index in [0.29, 0.717) is 6.61 Å². The summed E-state index contributed by atoms with van der Waals surface area (Å²) < 4.78 is 4.71. The van der Waals surface area contributed by atoms with Crippen molar-refractivity contribution in [2.75, 3.05) is 20.2 Å². The molecule has 0 aromatic rings. The van der Waals surface area contributed by atoms with E-state index in [-0.39, 0.29) is 12.5 Å². The summed E-state index contributed by atoms with van der Waals surface area (Å²) in [6, 6.07) is -0.454. The van der Waals surface area contributed by atoms with Crippen LogP contribution < -0.4 is 5.73 Å². The summed E-state index contributed by atoms with van der Waals surface area (Å²) in [5.74, 6) is -0.801. The van der Waals surface area contributed by atoms with Gasteiger partial charge < -0.3 is 10.5 Å². The van der Waals surface area contributed by atoms with E-state index in [4.69, 9.17) is 10.5 Å². The molecule has 0 aromatic heterocycles. The summed E-state index contributed by atoms with van der Waals surface area (Å²) in [6.07, 6.45) is 0. The van der Waals surface area contributed by atoms with Crippen LogP contribution in [0.5, 0.6) is 0 Å². The molecule has 1 unspecified atom stereocenters. The number of esters is 1. The highest BCUT2D eigenvalue weighted by Gasteiger charge is 2.17. The Kier molecular flexibility index (Phi) is 5.06. The van der Waals surface area contributed by atoms with Crippen LogP contribution >= 0.6 is 0 Å². The summed E-state index contributed by atoms with van der Waals surface area (Å²) in [5, 5.41) is 0. The first-order valence-corrected chi connectivity index (χ1v) is 4.14. The van der Waals surface area contributed by atoms with Gasteiger partial charge in [0.15, 0.2) is 0 Å². The van der Waals surface area contributed by atoms with E-state index < -0.39 is 11.9 Å². The molecule has 2 N–H and O–H groups in total. The minimum absolute atomic E-state index is 0.0813. The second-order valence-corrected chi connectivity index (χ2v) is 2.80. The van der Waals surface area contributed by atoms with Crippen LogP contribution in [0, 0.1) is 0 Å². The van der Waals surface area contributed by atoms with Gasteiger partial charge in [0.25, 0.3) is 0 Å². The van der Waals surface area contributed by atoms with E-state index in [0.717, 1.165) is 0 Å². The van der Waals surface area contributed by atoms with E-state index in [1.54, 1.807) is 25.8 Å². The zero-order chi connectivity index (χ0) is 10.4. The number of ether oxygens (including phenoxy) is 1. The fraction of sp³-hybridized carbons (Fsp3) is 0.750. The lowest BCUT2D eigenvalue weighted by Gasteiger charge is -2.20. The highest BCUT2D eigenvalue weighted by Crippen LogP contribution is 1.94. The van der Waals surface area contributed by atoms with Gasteiger partial charge in [-0.3, -0.25) is 14.5 Å². The van der Waals surface area contributed by atoms with Gasteiger partial charge in [0.1, 0.15) is 0 Å². The molecule has 5 nitrogen and oxygen atoms in total. The minimum atomic E-state index is -0.454. The third-order valence-corrected chi connectivity index (χ3v) is 1.76. The van der Waals surface area contributed by atoms with Gasteiger partial charge in [-0.15, -0.1) is 0 Å². The maximum atomic E-state index is 11.0. The second kappa shape index (κ2) is 5.53. The average molecular weight is 188 g/mol. The third-order valence-electron chi connectivity index (χ3n) is 1.76. The zero-order valence-electron chi connectivity index (χ0n) is 8.24. The summed E-state index contributed by atoms with van der Waals surface area (Å²) >= 11 is 0. The SMILES string of the molecule is CCOC(=O)CN(C)C(C)C(N)=O. The molecule has 0 rings (SSSR count). The number of hydrogen-bond acceptors (Lipinski definition) is 4. The largest absolute Gasteiger partial charge is 0.465 e. The van der Waals surface area contributed by atoms with Crippen LogP contribution in [-0.4, -0.2) is 43.0 Å². The number of hydrogen-bond donors (Lipinski definition) is 1. The lowest BCUT2D eigenvalue weighted by atomic mass is 10.3. The summed E-state index contributed by atoms with van der Waals surface area (Å²) in [7, 11) is 1.65. The van der Waals surface area contributed by atoms with Crippen LogP contribution in [0.1, 0.15) is 13.8 Å². The van der Waals surface area contributed by atoms with Crippen LogP contribution in [-0.2, 0) is 14.3 Å². The van der Waals surface area contributed by atoms with Crippen molar-refractivity contribution in [2.45, 2.75) is 19.9 Å². The molecule has 13 heavy (non-hydrogen) atoms. The Balaban J connectivity index is 3.92. The summed E-state index contributed by atoms with van der Waals surface area (Å²) in [6.45, 7) is 3.80. The van der Waals surface area contributed by atoms with Crippen molar-refractivity contribution in [3.8, 4) is 0 Å². The molecule has 0 aliphatic rings. The summed E-state index contributed by atoms with van der Waals surface area (Å²) in [4.78, 5) is 23.2. The van der Waals surface area contributed by atoms with Gasteiger partial charge in [-0.05, 0) is 20.9 Å². The van der Waals surface area contributed by atoms with Crippen LogP contribution in [0.15, 0.2) is 0 Å².